The molecule has 200 valence electrons. The molecule has 0 unspecified atom stereocenters. The van der Waals surface area contributed by atoms with Crippen molar-refractivity contribution in [2.45, 2.75) is 52.2 Å². The Morgan fingerprint density at radius 3 is 2.59 bits per heavy atom. The Labute approximate surface area is 218 Å². The molecule has 1 aromatic carbocycles. The number of benzene rings is 1. The SMILES string of the molecule is CCC[C@@H](CCO)Nc1nc(N)nc2cnn(Cc3ccc(CN4CC5(CN(CC)C5)C4)cc3OC)c12. The van der Waals surface area contributed by atoms with E-state index in [1.807, 2.05) is 4.68 Å². The maximum absolute atomic E-state index is 9.50. The van der Waals surface area contributed by atoms with Crippen molar-refractivity contribution in [2.75, 3.05) is 57.5 Å². The number of hydrogen-bond acceptors (Lipinski definition) is 9. The lowest BCUT2D eigenvalue weighted by molar-refractivity contribution is -0.116. The number of nitrogens with two attached hydrogens (primary N) is 1. The molecule has 37 heavy (non-hydrogen) atoms. The number of aliphatic hydroxyl groups is 1. The smallest absolute Gasteiger partial charge is 0.222 e. The van der Waals surface area contributed by atoms with Gasteiger partial charge in [-0.15, -0.1) is 0 Å². The van der Waals surface area contributed by atoms with Crippen molar-refractivity contribution in [3.63, 3.8) is 0 Å². The molecule has 2 fully saturated rings. The predicted octanol–water partition coefficient (Wildman–Crippen LogP) is 2.57. The van der Waals surface area contributed by atoms with E-state index >= 15 is 0 Å². The van der Waals surface area contributed by atoms with Crippen LogP contribution in [0.3, 0.4) is 0 Å². The number of methoxy groups -OCH3 is 1. The Kier molecular flexibility index (Phi) is 7.50. The van der Waals surface area contributed by atoms with E-state index in [9.17, 15) is 5.11 Å². The molecule has 4 N–H and O–H groups in total. The van der Waals surface area contributed by atoms with Gasteiger partial charge >= 0.3 is 0 Å². The minimum absolute atomic E-state index is 0.0929. The fourth-order valence-corrected chi connectivity index (χ4v) is 6.00. The van der Waals surface area contributed by atoms with Gasteiger partial charge in [0.25, 0.3) is 0 Å². The van der Waals surface area contributed by atoms with Crippen LogP contribution in [0.25, 0.3) is 11.0 Å². The van der Waals surface area contributed by atoms with Crippen LogP contribution >= 0.6 is 0 Å². The molecule has 2 aliphatic heterocycles. The Bertz CT molecular complexity index is 1210. The summed E-state index contributed by atoms with van der Waals surface area (Å²) in [5, 5.41) is 17.6. The van der Waals surface area contributed by atoms with Crippen molar-refractivity contribution >= 4 is 22.8 Å². The lowest BCUT2D eigenvalue weighted by Crippen LogP contribution is -2.71. The standard InChI is InChI=1S/C27H40N8O2/c1-4-6-21(9-10-36)30-25-24-22(31-26(28)32-25)12-29-35(24)14-20-8-7-19(11-23(20)37-3)13-34-17-27(18-34)15-33(5-2)16-27/h7-8,11-12,21,36H,4-6,9-10,13-18H2,1-3H3,(H3,28,30,31,32)/t21-/m0/s1. The molecule has 1 atom stereocenters. The van der Waals surface area contributed by atoms with Crippen LogP contribution < -0.4 is 15.8 Å². The third-order valence-corrected chi connectivity index (χ3v) is 7.72. The number of anilines is 2. The fourth-order valence-electron chi connectivity index (χ4n) is 6.00. The maximum Gasteiger partial charge on any atom is 0.222 e. The molecule has 10 heteroatoms. The Balaban J connectivity index is 1.32. The minimum atomic E-state index is 0.0929. The quantitative estimate of drug-likeness (QED) is 0.339. The molecule has 2 aliphatic rings. The summed E-state index contributed by atoms with van der Waals surface area (Å²) in [5.74, 6) is 1.70. The van der Waals surface area contributed by atoms with Crippen molar-refractivity contribution in [2.24, 2.45) is 5.41 Å². The number of aliphatic hydroxyl groups excluding tert-OH is 1. The van der Waals surface area contributed by atoms with E-state index in [0.29, 0.717) is 29.7 Å². The third-order valence-electron chi connectivity index (χ3n) is 7.72. The van der Waals surface area contributed by atoms with Crippen LogP contribution in [0.5, 0.6) is 5.75 Å². The van der Waals surface area contributed by atoms with Crippen LogP contribution in [0.15, 0.2) is 24.4 Å². The van der Waals surface area contributed by atoms with Crippen LogP contribution in [0.4, 0.5) is 11.8 Å². The first-order valence-corrected chi connectivity index (χ1v) is 13.4. The van der Waals surface area contributed by atoms with E-state index in [2.05, 4.69) is 62.2 Å². The van der Waals surface area contributed by atoms with Gasteiger partial charge in [-0.1, -0.05) is 32.4 Å². The first-order valence-electron chi connectivity index (χ1n) is 13.4. The van der Waals surface area contributed by atoms with Gasteiger partial charge in [0, 0.05) is 56.4 Å². The van der Waals surface area contributed by atoms with Gasteiger partial charge in [0.05, 0.1) is 19.9 Å². The zero-order valence-electron chi connectivity index (χ0n) is 22.3. The van der Waals surface area contributed by atoms with Gasteiger partial charge in [0.2, 0.25) is 5.95 Å². The molecule has 2 aromatic heterocycles. The molecule has 0 radical (unpaired) electrons. The summed E-state index contributed by atoms with van der Waals surface area (Å²) in [5.41, 5.74) is 10.3. The van der Waals surface area contributed by atoms with E-state index in [-0.39, 0.29) is 18.6 Å². The van der Waals surface area contributed by atoms with Gasteiger partial charge in [0.15, 0.2) is 5.82 Å². The number of nitrogens with zero attached hydrogens (tertiary/aromatic N) is 6. The van der Waals surface area contributed by atoms with E-state index in [1.54, 1.807) is 13.3 Å². The van der Waals surface area contributed by atoms with E-state index in [1.165, 1.54) is 31.7 Å². The summed E-state index contributed by atoms with van der Waals surface area (Å²) in [6, 6.07) is 6.57. The fraction of sp³-hybridized carbons (Fsp3) is 0.593. The number of hydrogen-bond donors (Lipinski definition) is 3. The normalized spacial score (nSPS) is 18.1. The number of nitrogens with one attached hydrogen (secondary N) is 1. The zero-order valence-corrected chi connectivity index (χ0v) is 22.3. The summed E-state index contributed by atoms with van der Waals surface area (Å²) in [4.78, 5) is 13.9. The van der Waals surface area contributed by atoms with Crippen molar-refractivity contribution in [3.05, 3.63) is 35.5 Å². The molecule has 3 aromatic rings. The van der Waals surface area contributed by atoms with Crippen molar-refractivity contribution in [1.82, 2.24) is 29.5 Å². The zero-order chi connectivity index (χ0) is 26.0. The second kappa shape index (κ2) is 10.8. The average Bonchev–Trinajstić information content (AvgIpc) is 3.23. The van der Waals surface area contributed by atoms with Crippen LogP contribution in [-0.4, -0.2) is 87.1 Å². The number of likely N-dealkylation sites (tertiary alicyclic amines) is 2. The average molecular weight is 509 g/mol. The molecule has 0 amide bonds. The molecule has 10 nitrogen and oxygen atoms in total. The summed E-state index contributed by atoms with van der Waals surface area (Å²) in [6.07, 6.45) is 4.28. The Hall–Kier alpha value is -2.95. The highest BCUT2D eigenvalue weighted by molar-refractivity contribution is 5.86. The highest BCUT2D eigenvalue weighted by Gasteiger charge is 2.50. The number of aromatic nitrogens is 4. The third kappa shape index (κ3) is 5.37. The van der Waals surface area contributed by atoms with Gasteiger partial charge in [0.1, 0.15) is 16.8 Å². The number of fused-ring (bicyclic) bond motifs is 1. The number of ether oxygens (including phenoxy) is 1. The lowest BCUT2D eigenvalue weighted by atomic mass is 9.73. The summed E-state index contributed by atoms with van der Waals surface area (Å²) in [7, 11) is 1.72. The largest absolute Gasteiger partial charge is 0.496 e. The second-order valence-corrected chi connectivity index (χ2v) is 10.7. The van der Waals surface area contributed by atoms with Crippen LogP contribution in [0.1, 0.15) is 44.2 Å². The summed E-state index contributed by atoms with van der Waals surface area (Å²) >= 11 is 0. The Morgan fingerprint density at radius 2 is 1.89 bits per heavy atom. The first kappa shape index (κ1) is 25.7. The van der Waals surface area contributed by atoms with Gasteiger partial charge in [-0.05, 0) is 31.0 Å². The summed E-state index contributed by atoms with van der Waals surface area (Å²) in [6.45, 7) is 11.9. The topological polar surface area (TPSA) is 118 Å². The highest BCUT2D eigenvalue weighted by atomic mass is 16.5. The van der Waals surface area contributed by atoms with Gasteiger partial charge in [-0.2, -0.15) is 10.1 Å². The van der Waals surface area contributed by atoms with Crippen molar-refractivity contribution in [1.29, 1.82) is 0 Å². The maximum atomic E-state index is 9.50. The molecule has 2 saturated heterocycles. The van der Waals surface area contributed by atoms with Crippen LogP contribution in [-0.2, 0) is 13.1 Å². The van der Waals surface area contributed by atoms with Crippen molar-refractivity contribution < 1.29 is 9.84 Å². The van der Waals surface area contributed by atoms with E-state index < -0.39 is 0 Å². The molecule has 0 aliphatic carbocycles. The van der Waals surface area contributed by atoms with Crippen molar-refractivity contribution in [3.8, 4) is 5.75 Å². The first-order chi connectivity index (χ1) is 18.0. The van der Waals surface area contributed by atoms with E-state index in [0.717, 1.165) is 42.8 Å². The van der Waals surface area contributed by atoms with Crippen LogP contribution in [0.2, 0.25) is 0 Å². The molecular formula is C27H40N8O2. The molecular weight excluding hydrogens is 468 g/mol. The predicted molar refractivity (Wildman–Crippen MR) is 146 cm³/mol. The molecule has 0 saturated carbocycles. The molecule has 1 spiro atoms. The summed E-state index contributed by atoms with van der Waals surface area (Å²) < 4.78 is 7.69. The van der Waals surface area contributed by atoms with Gasteiger partial charge < -0.3 is 25.8 Å². The van der Waals surface area contributed by atoms with Gasteiger partial charge in [-0.3, -0.25) is 9.58 Å². The second-order valence-electron chi connectivity index (χ2n) is 10.7. The lowest BCUT2D eigenvalue weighted by Gasteiger charge is -2.60. The van der Waals surface area contributed by atoms with Gasteiger partial charge in [-0.25, -0.2) is 4.98 Å². The minimum Gasteiger partial charge on any atom is -0.496 e. The molecule has 4 heterocycles. The Morgan fingerprint density at radius 1 is 1.11 bits per heavy atom. The molecule has 0 bridgehead atoms. The molecule has 5 rings (SSSR count). The van der Waals surface area contributed by atoms with E-state index in [4.69, 9.17) is 10.5 Å². The van der Waals surface area contributed by atoms with Crippen LogP contribution in [0, 0.1) is 5.41 Å². The highest BCUT2D eigenvalue weighted by Crippen LogP contribution is 2.40. The number of rotatable bonds is 12. The monoisotopic (exact) mass is 508 g/mol. The number of nitrogen functional groups attached to an aromatic ring is 1.